The number of hydrogen-bond donors (Lipinski definition) is 1. The lowest BCUT2D eigenvalue weighted by Gasteiger charge is -2.00. The minimum absolute atomic E-state index is 0.329. The molecular weight excluding hydrogens is 112 g/mol. The van der Waals surface area contributed by atoms with Gasteiger partial charge in [0, 0.05) is 0 Å². The number of aliphatic hydroxyl groups is 1. The topological polar surface area (TPSA) is 20.2 Å². The summed E-state index contributed by atoms with van der Waals surface area (Å²) in [6.07, 6.45) is 5.86. The molecule has 0 spiro atoms. The first-order chi connectivity index (χ1) is 4.31. The van der Waals surface area contributed by atoms with Crippen LogP contribution in [0.15, 0.2) is 25.3 Å². The Morgan fingerprint density at radius 3 is 2.56 bits per heavy atom. The lowest BCUT2D eigenvalue weighted by molar-refractivity contribution is 0.210. The average Bonchev–Trinajstić information content (AvgIpc) is 1.89. The Bertz CT molecular complexity index is 86.6. The van der Waals surface area contributed by atoms with E-state index in [9.17, 15) is 0 Å². The summed E-state index contributed by atoms with van der Waals surface area (Å²) in [6.45, 7) is 7.04. The normalized spacial score (nSPS) is 12.6. The summed E-state index contributed by atoms with van der Waals surface area (Å²) in [4.78, 5) is 0. The molecule has 0 radical (unpaired) electrons. The minimum Gasteiger partial charge on any atom is -0.389 e. The maximum absolute atomic E-state index is 8.93. The van der Waals surface area contributed by atoms with E-state index in [4.69, 9.17) is 5.11 Å². The van der Waals surface area contributed by atoms with Gasteiger partial charge in [0.05, 0.1) is 6.10 Å². The summed E-state index contributed by atoms with van der Waals surface area (Å²) in [5, 5.41) is 8.93. The zero-order valence-corrected chi connectivity index (χ0v) is 5.71. The third-order valence-corrected chi connectivity index (χ3v) is 1.18. The number of hydrogen-bond acceptors (Lipinski definition) is 1. The summed E-state index contributed by atoms with van der Waals surface area (Å²) in [5.74, 6) is 0. The molecule has 0 heterocycles. The SMILES string of the molecule is C=CCCC[C@H](O)C=C. The first-order valence-corrected chi connectivity index (χ1v) is 3.22. The second kappa shape index (κ2) is 5.57. The number of rotatable bonds is 5. The molecule has 1 heteroatoms. The van der Waals surface area contributed by atoms with E-state index in [2.05, 4.69) is 13.2 Å². The van der Waals surface area contributed by atoms with E-state index in [0.29, 0.717) is 0 Å². The number of aliphatic hydroxyl groups excluding tert-OH is 1. The van der Waals surface area contributed by atoms with Gasteiger partial charge < -0.3 is 5.11 Å². The van der Waals surface area contributed by atoms with Gasteiger partial charge in [0.1, 0.15) is 0 Å². The van der Waals surface area contributed by atoms with Crippen molar-refractivity contribution in [1.82, 2.24) is 0 Å². The van der Waals surface area contributed by atoms with E-state index in [-0.39, 0.29) is 6.10 Å². The average molecular weight is 126 g/mol. The molecule has 0 aromatic rings. The summed E-state index contributed by atoms with van der Waals surface area (Å²) in [7, 11) is 0. The third-order valence-electron chi connectivity index (χ3n) is 1.18. The molecule has 0 aliphatic rings. The summed E-state index contributed by atoms with van der Waals surface area (Å²) in [6, 6.07) is 0. The van der Waals surface area contributed by atoms with Crippen molar-refractivity contribution in [3.05, 3.63) is 25.3 Å². The summed E-state index contributed by atoms with van der Waals surface area (Å²) < 4.78 is 0. The fraction of sp³-hybridized carbons (Fsp3) is 0.500. The maximum atomic E-state index is 8.93. The Balaban J connectivity index is 3.05. The Labute approximate surface area is 56.7 Å². The van der Waals surface area contributed by atoms with E-state index in [1.807, 2.05) is 6.08 Å². The van der Waals surface area contributed by atoms with Crippen LogP contribution in [0.2, 0.25) is 0 Å². The van der Waals surface area contributed by atoms with E-state index in [0.717, 1.165) is 19.3 Å². The molecule has 0 saturated heterocycles. The zero-order valence-electron chi connectivity index (χ0n) is 5.71. The molecule has 0 aliphatic heterocycles. The van der Waals surface area contributed by atoms with Crippen LogP contribution in [-0.2, 0) is 0 Å². The van der Waals surface area contributed by atoms with Crippen LogP contribution in [0.1, 0.15) is 19.3 Å². The van der Waals surface area contributed by atoms with Crippen molar-refractivity contribution in [3.8, 4) is 0 Å². The van der Waals surface area contributed by atoms with Gasteiger partial charge in [0.15, 0.2) is 0 Å². The van der Waals surface area contributed by atoms with Crippen molar-refractivity contribution >= 4 is 0 Å². The van der Waals surface area contributed by atoms with Crippen molar-refractivity contribution < 1.29 is 5.11 Å². The van der Waals surface area contributed by atoms with Gasteiger partial charge in [-0.3, -0.25) is 0 Å². The van der Waals surface area contributed by atoms with Crippen LogP contribution in [0.4, 0.5) is 0 Å². The quantitative estimate of drug-likeness (QED) is 0.440. The van der Waals surface area contributed by atoms with E-state index >= 15 is 0 Å². The van der Waals surface area contributed by atoms with Gasteiger partial charge in [-0.15, -0.1) is 13.2 Å². The Morgan fingerprint density at radius 2 is 2.11 bits per heavy atom. The van der Waals surface area contributed by atoms with Crippen LogP contribution >= 0.6 is 0 Å². The molecule has 0 aliphatic carbocycles. The molecule has 1 nitrogen and oxygen atoms in total. The van der Waals surface area contributed by atoms with Crippen molar-refractivity contribution in [2.75, 3.05) is 0 Å². The van der Waals surface area contributed by atoms with Gasteiger partial charge in [-0.1, -0.05) is 12.2 Å². The number of unbranched alkanes of at least 4 members (excludes halogenated alkanes) is 1. The first-order valence-electron chi connectivity index (χ1n) is 3.22. The molecule has 0 aromatic carbocycles. The van der Waals surface area contributed by atoms with Crippen LogP contribution in [0.3, 0.4) is 0 Å². The second-order valence-electron chi connectivity index (χ2n) is 2.02. The molecule has 0 saturated carbocycles. The zero-order chi connectivity index (χ0) is 7.11. The lowest BCUT2D eigenvalue weighted by atomic mass is 10.1. The maximum Gasteiger partial charge on any atom is 0.0718 e. The highest BCUT2D eigenvalue weighted by Crippen LogP contribution is 2.00. The smallest absolute Gasteiger partial charge is 0.0718 e. The van der Waals surface area contributed by atoms with Gasteiger partial charge in [0.2, 0.25) is 0 Å². The molecule has 1 N–H and O–H groups in total. The first kappa shape index (κ1) is 8.44. The molecule has 0 rings (SSSR count). The predicted molar refractivity (Wildman–Crippen MR) is 40.3 cm³/mol. The van der Waals surface area contributed by atoms with Crippen LogP contribution in [0.25, 0.3) is 0 Å². The van der Waals surface area contributed by atoms with Crippen molar-refractivity contribution in [1.29, 1.82) is 0 Å². The van der Waals surface area contributed by atoms with Crippen molar-refractivity contribution in [2.24, 2.45) is 0 Å². The van der Waals surface area contributed by atoms with Gasteiger partial charge >= 0.3 is 0 Å². The van der Waals surface area contributed by atoms with E-state index in [1.54, 1.807) is 6.08 Å². The molecule has 0 amide bonds. The molecule has 0 unspecified atom stereocenters. The molecule has 0 fully saturated rings. The van der Waals surface area contributed by atoms with E-state index < -0.39 is 0 Å². The molecular formula is C8H14O. The third kappa shape index (κ3) is 5.31. The van der Waals surface area contributed by atoms with Gasteiger partial charge in [-0.05, 0) is 19.3 Å². The minimum atomic E-state index is -0.329. The summed E-state index contributed by atoms with van der Waals surface area (Å²) >= 11 is 0. The largest absolute Gasteiger partial charge is 0.389 e. The standard InChI is InChI=1S/C8H14O/c1-3-5-6-7-8(9)4-2/h3-4,8-9H,1-2,5-7H2/t8-/m1/s1. The van der Waals surface area contributed by atoms with Crippen LogP contribution < -0.4 is 0 Å². The van der Waals surface area contributed by atoms with Gasteiger partial charge in [-0.25, -0.2) is 0 Å². The van der Waals surface area contributed by atoms with Crippen molar-refractivity contribution in [2.45, 2.75) is 25.4 Å². The Hall–Kier alpha value is -0.560. The predicted octanol–water partition coefficient (Wildman–Crippen LogP) is 1.89. The van der Waals surface area contributed by atoms with E-state index in [1.165, 1.54) is 0 Å². The Kier molecular flexibility index (Phi) is 5.23. The van der Waals surface area contributed by atoms with Crippen molar-refractivity contribution in [3.63, 3.8) is 0 Å². The second-order valence-corrected chi connectivity index (χ2v) is 2.02. The lowest BCUT2D eigenvalue weighted by Crippen LogP contribution is -1.99. The molecule has 0 aromatic heterocycles. The monoisotopic (exact) mass is 126 g/mol. The molecule has 9 heavy (non-hydrogen) atoms. The summed E-state index contributed by atoms with van der Waals surface area (Å²) in [5.41, 5.74) is 0. The highest BCUT2D eigenvalue weighted by atomic mass is 16.3. The fourth-order valence-corrected chi connectivity index (χ4v) is 0.589. The van der Waals surface area contributed by atoms with Crippen LogP contribution in [0.5, 0.6) is 0 Å². The highest BCUT2D eigenvalue weighted by molar-refractivity contribution is 4.78. The fourth-order valence-electron chi connectivity index (χ4n) is 0.589. The molecule has 52 valence electrons. The van der Waals surface area contributed by atoms with Gasteiger partial charge in [-0.2, -0.15) is 0 Å². The van der Waals surface area contributed by atoms with Crippen LogP contribution in [0, 0.1) is 0 Å². The molecule has 0 bridgehead atoms. The highest BCUT2D eigenvalue weighted by Gasteiger charge is 1.94. The van der Waals surface area contributed by atoms with Crippen LogP contribution in [-0.4, -0.2) is 11.2 Å². The molecule has 1 atom stereocenters. The van der Waals surface area contributed by atoms with Gasteiger partial charge in [0.25, 0.3) is 0 Å². The number of allylic oxidation sites excluding steroid dienone is 1. The Morgan fingerprint density at radius 1 is 1.44 bits per heavy atom.